The normalized spacial score (nSPS) is 15.2. The Morgan fingerprint density at radius 2 is 2.23 bits per heavy atom. The van der Waals surface area contributed by atoms with E-state index in [1.54, 1.807) is 6.08 Å². The Morgan fingerprint density at radius 1 is 1.46 bits per heavy atom. The number of anilines is 1. The van der Waals surface area contributed by atoms with Gasteiger partial charge in [-0.25, -0.2) is 0 Å². The van der Waals surface area contributed by atoms with Gasteiger partial charge in [0.25, 0.3) is 0 Å². The third-order valence-corrected chi connectivity index (χ3v) is 2.76. The van der Waals surface area contributed by atoms with Crippen molar-refractivity contribution in [2.45, 2.75) is 0 Å². The van der Waals surface area contributed by atoms with Crippen molar-refractivity contribution in [1.82, 2.24) is 0 Å². The molecule has 2 nitrogen and oxygen atoms in total. The van der Waals surface area contributed by atoms with Gasteiger partial charge in [-0.2, -0.15) is 0 Å². The highest BCUT2D eigenvalue weighted by Crippen LogP contribution is 2.33. The standard InChI is InChI=1S/C10H10BrNO/c1-12-6-8(13)5-7-3-2-4-9(11)10(7)12/h2-5,13H,6H2,1H3. The van der Waals surface area contributed by atoms with E-state index in [4.69, 9.17) is 0 Å². The van der Waals surface area contributed by atoms with E-state index in [2.05, 4.69) is 15.9 Å². The summed E-state index contributed by atoms with van der Waals surface area (Å²) in [7, 11) is 1.97. The van der Waals surface area contributed by atoms with Gasteiger partial charge in [0.2, 0.25) is 0 Å². The van der Waals surface area contributed by atoms with Crippen LogP contribution in [0.15, 0.2) is 28.4 Å². The largest absolute Gasteiger partial charge is 0.510 e. The molecule has 1 heterocycles. The summed E-state index contributed by atoms with van der Waals surface area (Å²) in [5, 5.41) is 9.42. The van der Waals surface area contributed by atoms with E-state index < -0.39 is 0 Å². The summed E-state index contributed by atoms with van der Waals surface area (Å²) in [5.41, 5.74) is 2.20. The highest BCUT2D eigenvalue weighted by Gasteiger charge is 2.15. The van der Waals surface area contributed by atoms with E-state index in [1.807, 2.05) is 30.1 Å². The summed E-state index contributed by atoms with van der Waals surface area (Å²) in [6.07, 6.45) is 1.81. The second-order valence-electron chi connectivity index (χ2n) is 3.17. The zero-order chi connectivity index (χ0) is 9.42. The molecule has 68 valence electrons. The molecule has 1 aliphatic rings. The molecule has 1 aromatic carbocycles. The highest BCUT2D eigenvalue weighted by atomic mass is 79.9. The van der Waals surface area contributed by atoms with Crippen LogP contribution in [0.2, 0.25) is 0 Å². The summed E-state index contributed by atoms with van der Waals surface area (Å²) >= 11 is 3.49. The quantitative estimate of drug-likeness (QED) is 0.753. The number of aliphatic hydroxyl groups excluding tert-OH is 1. The minimum Gasteiger partial charge on any atom is -0.510 e. The van der Waals surface area contributed by atoms with Gasteiger partial charge in [-0.15, -0.1) is 0 Å². The van der Waals surface area contributed by atoms with Crippen molar-refractivity contribution in [3.8, 4) is 0 Å². The molecule has 0 unspecified atom stereocenters. The molecule has 1 aromatic rings. The number of rotatable bonds is 0. The van der Waals surface area contributed by atoms with E-state index in [0.717, 1.165) is 15.7 Å². The van der Waals surface area contributed by atoms with Gasteiger partial charge in [-0.1, -0.05) is 12.1 Å². The molecule has 0 saturated carbocycles. The first kappa shape index (κ1) is 8.63. The zero-order valence-electron chi connectivity index (χ0n) is 7.29. The van der Waals surface area contributed by atoms with Crippen LogP contribution in [-0.2, 0) is 0 Å². The lowest BCUT2D eigenvalue weighted by molar-refractivity contribution is 0.405. The summed E-state index contributed by atoms with van der Waals surface area (Å²) in [6, 6.07) is 5.96. The summed E-state index contributed by atoms with van der Waals surface area (Å²) in [5.74, 6) is 0.410. The van der Waals surface area contributed by atoms with Gasteiger partial charge >= 0.3 is 0 Å². The van der Waals surface area contributed by atoms with Crippen LogP contribution in [0.3, 0.4) is 0 Å². The van der Waals surface area contributed by atoms with Crippen LogP contribution in [0.4, 0.5) is 5.69 Å². The number of aliphatic hydroxyl groups is 1. The van der Waals surface area contributed by atoms with Gasteiger partial charge in [0, 0.05) is 17.1 Å². The Bertz CT molecular complexity index is 373. The maximum atomic E-state index is 9.42. The summed E-state index contributed by atoms with van der Waals surface area (Å²) < 4.78 is 1.07. The Kier molecular flexibility index (Phi) is 2.04. The molecule has 0 bridgehead atoms. The van der Waals surface area contributed by atoms with Crippen LogP contribution in [0.1, 0.15) is 5.56 Å². The third kappa shape index (κ3) is 1.44. The fourth-order valence-corrected chi connectivity index (χ4v) is 2.28. The zero-order valence-corrected chi connectivity index (χ0v) is 8.87. The molecular formula is C10H10BrNO. The molecule has 0 atom stereocenters. The van der Waals surface area contributed by atoms with Gasteiger partial charge in [-0.05, 0) is 28.1 Å². The summed E-state index contributed by atoms with van der Waals surface area (Å²) in [6.45, 7) is 0.579. The number of likely N-dealkylation sites (N-methyl/N-ethyl adjacent to an activating group) is 1. The minimum atomic E-state index is 0.410. The van der Waals surface area contributed by atoms with Gasteiger partial charge < -0.3 is 10.0 Å². The Hall–Kier alpha value is -0.960. The average Bonchev–Trinajstić information content (AvgIpc) is 2.02. The topological polar surface area (TPSA) is 23.5 Å². The van der Waals surface area contributed by atoms with Crippen molar-refractivity contribution < 1.29 is 5.11 Å². The molecule has 0 aromatic heterocycles. The molecule has 0 aliphatic carbocycles. The fourth-order valence-electron chi connectivity index (χ4n) is 1.60. The van der Waals surface area contributed by atoms with Crippen LogP contribution in [-0.4, -0.2) is 18.7 Å². The second-order valence-corrected chi connectivity index (χ2v) is 4.02. The molecule has 13 heavy (non-hydrogen) atoms. The van der Waals surface area contributed by atoms with Gasteiger partial charge in [0.1, 0.15) is 5.76 Å². The SMILES string of the molecule is CN1CC(O)=Cc2cccc(Br)c21. The number of halogens is 1. The highest BCUT2D eigenvalue weighted by molar-refractivity contribution is 9.10. The van der Waals surface area contributed by atoms with E-state index in [0.29, 0.717) is 12.3 Å². The first-order chi connectivity index (χ1) is 6.18. The van der Waals surface area contributed by atoms with Gasteiger partial charge in [0.15, 0.2) is 0 Å². The van der Waals surface area contributed by atoms with E-state index in [-0.39, 0.29) is 0 Å². The van der Waals surface area contributed by atoms with Gasteiger partial charge in [0.05, 0.1) is 12.2 Å². The van der Waals surface area contributed by atoms with Crippen LogP contribution in [0.25, 0.3) is 6.08 Å². The number of fused-ring (bicyclic) bond motifs is 1. The number of hydrogen-bond donors (Lipinski definition) is 1. The molecule has 1 aliphatic heterocycles. The van der Waals surface area contributed by atoms with Crippen molar-refractivity contribution in [1.29, 1.82) is 0 Å². The van der Waals surface area contributed by atoms with E-state index >= 15 is 0 Å². The van der Waals surface area contributed by atoms with Crippen molar-refractivity contribution >= 4 is 27.7 Å². The smallest absolute Gasteiger partial charge is 0.112 e. The Morgan fingerprint density at radius 3 is 3.00 bits per heavy atom. The average molecular weight is 240 g/mol. The number of benzene rings is 1. The number of hydrogen-bond acceptors (Lipinski definition) is 2. The predicted octanol–water partition coefficient (Wildman–Crippen LogP) is 2.80. The maximum Gasteiger partial charge on any atom is 0.112 e. The Balaban J connectivity index is 2.62. The van der Waals surface area contributed by atoms with E-state index in [1.165, 1.54) is 0 Å². The number of nitrogens with zero attached hydrogens (tertiary/aromatic N) is 1. The number of para-hydroxylation sites is 1. The molecule has 0 spiro atoms. The molecule has 0 amide bonds. The van der Waals surface area contributed by atoms with Crippen LogP contribution >= 0.6 is 15.9 Å². The first-order valence-corrected chi connectivity index (χ1v) is 4.87. The van der Waals surface area contributed by atoms with Crippen molar-refractivity contribution in [2.24, 2.45) is 0 Å². The molecule has 0 radical (unpaired) electrons. The fraction of sp³-hybridized carbons (Fsp3) is 0.200. The maximum absolute atomic E-state index is 9.42. The molecule has 3 heteroatoms. The minimum absolute atomic E-state index is 0.410. The molecule has 2 rings (SSSR count). The monoisotopic (exact) mass is 239 g/mol. The van der Waals surface area contributed by atoms with Crippen molar-refractivity contribution in [2.75, 3.05) is 18.5 Å². The van der Waals surface area contributed by atoms with Crippen LogP contribution in [0.5, 0.6) is 0 Å². The second kappa shape index (κ2) is 3.07. The lowest BCUT2D eigenvalue weighted by atomic mass is 10.1. The predicted molar refractivity (Wildman–Crippen MR) is 58.0 cm³/mol. The molecule has 0 saturated heterocycles. The van der Waals surface area contributed by atoms with Crippen molar-refractivity contribution in [3.05, 3.63) is 34.0 Å². The lowest BCUT2D eigenvalue weighted by Gasteiger charge is -2.26. The summed E-state index contributed by atoms with van der Waals surface area (Å²) in [4.78, 5) is 2.02. The molecular weight excluding hydrogens is 230 g/mol. The molecule has 0 fully saturated rings. The molecule has 1 N–H and O–H groups in total. The van der Waals surface area contributed by atoms with Crippen LogP contribution in [0, 0.1) is 0 Å². The third-order valence-electron chi connectivity index (χ3n) is 2.12. The van der Waals surface area contributed by atoms with Crippen molar-refractivity contribution in [3.63, 3.8) is 0 Å². The van der Waals surface area contributed by atoms with E-state index in [9.17, 15) is 5.11 Å². The first-order valence-electron chi connectivity index (χ1n) is 4.07. The Labute approximate surface area is 85.6 Å². The van der Waals surface area contributed by atoms with Crippen LogP contribution < -0.4 is 4.90 Å². The van der Waals surface area contributed by atoms with Gasteiger partial charge in [-0.3, -0.25) is 0 Å². The lowest BCUT2D eigenvalue weighted by Crippen LogP contribution is -2.24.